The third kappa shape index (κ3) is 4.12. The Hall–Kier alpha value is -3.52. The van der Waals surface area contributed by atoms with Crippen molar-refractivity contribution in [3.05, 3.63) is 76.6 Å². The van der Waals surface area contributed by atoms with Gasteiger partial charge >= 0.3 is 0 Å². The standard InChI is InChI=1S/C27H27N5O2S/c1-18-14-23(4-8-28-18)32-12-7-20-15-21(2-3-24(20)32)26(33)31-16-22(17-31)19-5-10-30(11-6-19)27(34)25-29-9-13-35-25/h2-4,7-9,12-15,19,22H,5-6,10-11,16-17H2,1H3. The molecule has 0 bridgehead atoms. The average Bonchev–Trinajstić information content (AvgIpc) is 3.53. The second-order valence-electron chi connectivity index (χ2n) is 9.55. The number of nitrogens with zero attached hydrogens (tertiary/aromatic N) is 5. The Bertz CT molecular complexity index is 1380. The number of amides is 2. The van der Waals surface area contributed by atoms with E-state index in [0.29, 0.717) is 16.8 Å². The number of carbonyl (C=O) groups is 2. The van der Waals surface area contributed by atoms with Crippen molar-refractivity contribution in [3.8, 4) is 5.69 Å². The summed E-state index contributed by atoms with van der Waals surface area (Å²) in [7, 11) is 0. The van der Waals surface area contributed by atoms with E-state index in [-0.39, 0.29) is 11.8 Å². The van der Waals surface area contributed by atoms with E-state index in [2.05, 4.69) is 26.7 Å². The molecule has 2 aliphatic heterocycles. The molecule has 1 aromatic carbocycles. The molecular formula is C27H27N5O2S. The van der Waals surface area contributed by atoms with Crippen molar-refractivity contribution >= 4 is 34.1 Å². The van der Waals surface area contributed by atoms with Gasteiger partial charge in [0.25, 0.3) is 11.8 Å². The Labute approximate surface area is 208 Å². The summed E-state index contributed by atoms with van der Waals surface area (Å²) in [6.45, 7) is 5.15. The largest absolute Gasteiger partial charge is 0.338 e. The number of pyridine rings is 1. The van der Waals surface area contributed by atoms with E-state index in [1.165, 1.54) is 11.3 Å². The van der Waals surface area contributed by atoms with Gasteiger partial charge in [-0.3, -0.25) is 14.6 Å². The molecule has 0 unspecified atom stereocenters. The van der Waals surface area contributed by atoms with Gasteiger partial charge in [0.1, 0.15) is 0 Å². The van der Waals surface area contributed by atoms with Gasteiger partial charge in [-0.2, -0.15) is 0 Å². The van der Waals surface area contributed by atoms with E-state index >= 15 is 0 Å². The molecule has 2 aliphatic rings. The molecule has 2 amide bonds. The van der Waals surface area contributed by atoms with Crippen LogP contribution < -0.4 is 0 Å². The van der Waals surface area contributed by atoms with Crippen LogP contribution in [0, 0.1) is 18.8 Å². The second-order valence-corrected chi connectivity index (χ2v) is 10.4. The minimum absolute atomic E-state index is 0.0483. The van der Waals surface area contributed by atoms with E-state index in [1.54, 1.807) is 6.20 Å². The number of thiazole rings is 1. The molecule has 35 heavy (non-hydrogen) atoms. The molecular weight excluding hydrogens is 458 g/mol. The monoisotopic (exact) mass is 485 g/mol. The SMILES string of the molecule is Cc1cc(-n2ccc3cc(C(=O)N4CC(C5CCN(C(=O)c6nccs6)CC5)C4)ccc32)ccn1. The normalized spacial score (nSPS) is 17.1. The number of hydrogen-bond donors (Lipinski definition) is 0. The predicted octanol–water partition coefficient (Wildman–Crippen LogP) is 4.41. The first-order valence-corrected chi connectivity index (χ1v) is 13.0. The lowest BCUT2D eigenvalue weighted by atomic mass is 9.79. The number of piperidine rings is 1. The Kier molecular flexibility index (Phi) is 5.60. The molecule has 5 heterocycles. The van der Waals surface area contributed by atoms with E-state index in [9.17, 15) is 9.59 Å². The molecule has 6 rings (SSSR count). The van der Waals surface area contributed by atoms with Gasteiger partial charge in [0.15, 0.2) is 5.01 Å². The van der Waals surface area contributed by atoms with Crippen LogP contribution in [0.2, 0.25) is 0 Å². The lowest BCUT2D eigenvalue weighted by molar-refractivity contribution is 0.0228. The average molecular weight is 486 g/mol. The zero-order valence-corrected chi connectivity index (χ0v) is 20.4. The first-order chi connectivity index (χ1) is 17.1. The van der Waals surface area contributed by atoms with Gasteiger partial charge < -0.3 is 14.4 Å². The van der Waals surface area contributed by atoms with Crippen molar-refractivity contribution in [1.29, 1.82) is 0 Å². The lowest BCUT2D eigenvalue weighted by Gasteiger charge is -2.46. The maximum Gasteiger partial charge on any atom is 0.282 e. The van der Waals surface area contributed by atoms with E-state index in [1.807, 2.05) is 58.8 Å². The van der Waals surface area contributed by atoms with Crippen LogP contribution in [0.4, 0.5) is 0 Å². The highest BCUT2D eigenvalue weighted by molar-refractivity contribution is 7.11. The highest BCUT2D eigenvalue weighted by Crippen LogP contribution is 2.33. The number of aromatic nitrogens is 3. The molecule has 0 N–H and O–H groups in total. The van der Waals surface area contributed by atoms with Crippen LogP contribution >= 0.6 is 11.3 Å². The zero-order valence-electron chi connectivity index (χ0n) is 19.6. The number of rotatable bonds is 4. The van der Waals surface area contributed by atoms with Crippen molar-refractivity contribution in [2.45, 2.75) is 19.8 Å². The number of aryl methyl sites for hydroxylation is 1. The summed E-state index contributed by atoms with van der Waals surface area (Å²) in [6, 6.07) is 12.1. The molecule has 0 atom stereocenters. The third-order valence-electron chi connectivity index (χ3n) is 7.40. The first kappa shape index (κ1) is 22.0. The van der Waals surface area contributed by atoms with Gasteiger partial charge in [-0.15, -0.1) is 11.3 Å². The zero-order chi connectivity index (χ0) is 23.9. The van der Waals surface area contributed by atoms with E-state index in [4.69, 9.17) is 0 Å². The van der Waals surface area contributed by atoms with E-state index < -0.39 is 0 Å². The molecule has 4 aromatic rings. The molecule has 0 spiro atoms. The summed E-state index contributed by atoms with van der Waals surface area (Å²) in [5.74, 6) is 1.25. The van der Waals surface area contributed by atoms with Crippen LogP contribution in [-0.4, -0.2) is 62.3 Å². The maximum atomic E-state index is 13.1. The van der Waals surface area contributed by atoms with Crippen molar-refractivity contribution in [2.24, 2.45) is 11.8 Å². The number of likely N-dealkylation sites (tertiary alicyclic amines) is 2. The number of carbonyl (C=O) groups excluding carboxylic acids is 2. The molecule has 0 radical (unpaired) electrons. The Morgan fingerprint density at radius 3 is 2.49 bits per heavy atom. The summed E-state index contributed by atoms with van der Waals surface area (Å²) in [5.41, 5.74) is 3.85. The fraction of sp³-hybridized carbons (Fsp3) is 0.333. The minimum Gasteiger partial charge on any atom is -0.338 e. The molecule has 8 heteroatoms. The summed E-state index contributed by atoms with van der Waals surface area (Å²) in [5, 5.41) is 3.47. The minimum atomic E-state index is 0.0483. The Balaban J connectivity index is 1.07. The highest BCUT2D eigenvalue weighted by Gasteiger charge is 2.38. The first-order valence-electron chi connectivity index (χ1n) is 12.1. The van der Waals surface area contributed by atoms with E-state index in [0.717, 1.165) is 66.9 Å². The van der Waals surface area contributed by atoms with Gasteiger partial charge in [-0.25, -0.2) is 4.98 Å². The Morgan fingerprint density at radius 1 is 0.914 bits per heavy atom. The summed E-state index contributed by atoms with van der Waals surface area (Å²) in [6.07, 6.45) is 7.53. The molecule has 0 aliphatic carbocycles. The van der Waals surface area contributed by atoms with Crippen LogP contribution in [0.25, 0.3) is 16.6 Å². The molecule has 2 saturated heterocycles. The van der Waals surface area contributed by atoms with Gasteiger partial charge in [0.05, 0.1) is 5.52 Å². The maximum absolute atomic E-state index is 13.1. The van der Waals surface area contributed by atoms with Gasteiger partial charge in [0, 0.05) is 72.5 Å². The van der Waals surface area contributed by atoms with Crippen LogP contribution in [0.1, 0.15) is 38.7 Å². The van der Waals surface area contributed by atoms with Crippen molar-refractivity contribution in [3.63, 3.8) is 0 Å². The fourth-order valence-electron chi connectivity index (χ4n) is 5.38. The van der Waals surface area contributed by atoms with Crippen LogP contribution in [-0.2, 0) is 0 Å². The topological polar surface area (TPSA) is 71.3 Å². The predicted molar refractivity (Wildman–Crippen MR) is 136 cm³/mol. The molecule has 7 nitrogen and oxygen atoms in total. The van der Waals surface area contributed by atoms with Gasteiger partial charge in [-0.1, -0.05) is 0 Å². The van der Waals surface area contributed by atoms with Crippen LogP contribution in [0.5, 0.6) is 0 Å². The second kappa shape index (κ2) is 8.92. The van der Waals surface area contributed by atoms with Crippen LogP contribution in [0.3, 0.4) is 0 Å². The van der Waals surface area contributed by atoms with Crippen molar-refractivity contribution in [1.82, 2.24) is 24.3 Å². The molecule has 0 saturated carbocycles. The lowest BCUT2D eigenvalue weighted by Crippen LogP contribution is -2.54. The van der Waals surface area contributed by atoms with Crippen molar-refractivity contribution < 1.29 is 9.59 Å². The van der Waals surface area contributed by atoms with Gasteiger partial charge in [-0.05, 0) is 68.0 Å². The van der Waals surface area contributed by atoms with Crippen LogP contribution in [0.15, 0.2) is 60.4 Å². The summed E-state index contributed by atoms with van der Waals surface area (Å²) >= 11 is 1.40. The Morgan fingerprint density at radius 2 is 1.74 bits per heavy atom. The number of fused-ring (bicyclic) bond motifs is 1. The summed E-state index contributed by atoms with van der Waals surface area (Å²) in [4.78, 5) is 38.0. The molecule has 178 valence electrons. The molecule has 2 fully saturated rings. The smallest absolute Gasteiger partial charge is 0.282 e. The molecule has 3 aromatic heterocycles. The fourth-order valence-corrected chi connectivity index (χ4v) is 5.98. The third-order valence-corrected chi connectivity index (χ3v) is 8.16. The number of hydrogen-bond acceptors (Lipinski definition) is 5. The summed E-state index contributed by atoms with van der Waals surface area (Å²) < 4.78 is 2.13. The quantitative estimate of drug-likeness (QED) is 0.429. The van der Waals surface area contributed by atoms with Gasteiger partial charge in [0.2, 0.25) is 0 Å². The van der Waals surface area contributed by atoms with Crippen molar-refractivity contribution in [2.75, 3.05) is 26.2 Å². The highest BCUT2D eigenvalue weighted by atomic mass is 32.1. The number of benzene rings is 1.